The van der Waals surface area contributed by atoms with Crippen molar-refractivity contribution in [1.82, 2.24) is 4.98 Å². The van der Waals surface area contributed by atoms with E-state index in [1.54, 1.807) is 31.5 Å². The molecule has 0 aliphatic carbocycles. The van der Waals surface area contributed by atoms with Crippen LogP contribution >= 0.6 is 22.9 Å². The van der Waals surface area contributed by atoms with Crippen molar-refractivity contribution in [3.8, 4) is 11.5 Å². The summed E-state index contributed by atoms with van der Waals surface area (Å²) in [6.07, 6.45) is 1.68. The Morgan fingerprint density at radius 2 is 2.22 bits per heavy atom. The molecule has 0 amide bonds. The van der Waals surface area contributed by atoms with Crippen LogP contribution in [0, 0.1) is 0 Å². The first-order valence-electron chi connectivity index (χ1n) is 5.23. The number of halogens is 1. The van der Waals surface area contributed by atoms with Gasteiger partial charge in [-0.15, -0.1) is 11.3 Å². The summed E-state index contributed by atoms with van der Waals surface area (Å²) in [4.78, 5) is 4.88. The van der Waals surface area contributed by atoms with Gasteiger partial charge in [-0.2, -0.15) is 0 Å². The molecule has 0 saturated heterocycles. The van der Waals surface area contributed by atoms with Crippen molar-refractivity contribution in [2.45, 2.75) is 13.2 Å². The maximum absolute atomic E-state index is 9.04. The first-order chi connectivity index (χ1) is 8.72. The average molecular weight is 286 g/mol. The predicted octanol–water partition coefficient (Wildman–Crippen LogP) is 2.88. The number of hydrogen-bond acceptors (Lipinski definition) is 5. The quantitative estimate of drug-likeness (QED) is 0.918. The van der Waals surface area contributed by atoms with Crippen molar-refractivity contribution in [1.29, 1.82) is 0 Å². The predicted molar refractivity (Wildman–Crippen MR) is 70.4 cm³/mol. The van der Waals surface area contributed by atoms with E-state index in [2.05, 4.69) is 4.98 Å². The molecule has 0 saturated carbocycles. The van der Waals surface area contributed by atoms with Crippen LogP contribution < -0.4 is 9.47 Å². The molecule has 0 radical (unpaired) electrons. The molecule has 4 nitrogen and oxygen atoms in total. The van der Waals surface area contributed by atoms with Crippen LogP contribution in [0.3, 0.4) is 0 Å². The standard InChI is InChI=1S/C12H12ClNO3S/c1-16-11-4-8(6-15)2-3-10(11)17-7-9-5-14-12(13)18-9/h2-5,15H,6-7H2,1H3. The number of aliphatic hydroxyl groups is 1. The average Bonchev–Trinajstić information content (AvgIpc) is 2.82. The van der Waals surface area contributed by atoms with Crippen LogP contribution in [0.1, 0.15) is 10.4 Å². The van der Waals surface area contributed by atoms with Crippen LogP contribution in [0.15, 0.2) is 24.4 Å². The Kier molecular flexibility index (Phi) is 4.41. The van der Waals surface area contributed by atoms with E-state index in [0.29, 0.717) is 22.6 Å². The number of methoxy groups -OCH3 is 1. The summed E-state index contributed by atoms with van der Waals surface area (Å²) in [6.45, 7) is 0.361. The van der Waals surface area contributed by atoms with Gasteiger partial charge in [0.15, 0.2) is 16.0 Å². The molecule has 2 rings (SSSR count). The lowest BCUT2D eigenvalue weighted by Gasteiger charge is -2.10. The van der Waals surface area contributed by atoms with Gasteiger partial charge in [0, 0.05) is 6.20 Å². The van der Waals surface area contributed by atoms with Crippen molar-refractivity contribution >= 4 is 22.9 Å². The Morgan fingerprint density at radius 3 is 2.83 bits per heavy atom. The summed E-state index contributed by atoms with van der Waals surface area (Å²) in [5.41, 5.74) is 0.778. The maximum atomic E-state index is 9.04. The first kappa shape index (κ1) is 13.1. The van der Waals surface area contributed by atoms with E-state index in [9.17, 15) is 0 Å². The molecule has 0 unspecified atom stereocenters. The van der Waals surface area contributed by atoms with Crippen molar-refractivity contribution in [2.75, 3.05) is 7.11 Å². The van der Waals surface area contributed by atoms with Crippen molar-refractivity contribution in [2.24, 2.45) is 0 Å². The minimum Gasteiger partial charge on any atom is -0.493 e. The maximum Gasteiger partial charge on any atom is 0.183 e. The van der Waals surface area contributed by atoms with Crippen LogP contribution in [-0.4, -0.2) is 17.2 Å². The molecule has 0 atom stereocenters. The number of thiazole rings is 1. The van der Waals surface area contributed by atoms with Crippen LogP contribution in [0.4, 0.5) is 0 Å². The van der Waals surface area contributed by atoms with Crippen LogP contribution in [-0.2, 0) is 13.2 Å². The molecule has 1 heterocycles. The summed E-state index contributed by atoms with van der Waals surface area (Å²) in [5, 5.41) is 9.04. The van der Waals surface area contributed by atoms with E-state index >= 15 is 0 Å². The van der Waals surface area contributed by atoms with Gasteiger partial charge in [0.05, 0.1) is 18.6 Å². The molecule has 18 heavy (non-hydrogen) atoms. The highest BCUT2D eigenvalue weighted by Crippen LogP contribution is 2.29. The minimum absolute atomic E-state index is 0.0267. The van der Waals surface area contributed by atoms with Gasteiger partial charge in [0.25, 0.3) is 0 Å². The fraction of sp³-hybridized carbons (Fsp3) is 0.250. The van der Waals surface area contributed by atoms with Gasteiger partial charge < -0.3 is 14.6 Å². The van der Waals surface area contributed by atoms with Gasteiger partial charge in [-0.1, -0.05) is 17.7 Å². The Balaban J connectivity index is 2.08. The third kappa shape index (κ3) is 3.13. The molecule has 6 heteroatoms. The second-order valence-corrected chi connectivity index (χ2v) is 5.21. The molecule has 0 aliphatic rings. The summed E-state index contributed by atoms with van der Waals surface area (Å²) < 4.78 is 11.3. The lowest BCUT2D eigenvalue weighted by atomic mass is 10.2. The van der Waals surface area contributed by atoms with Gasteiger partial charge >= 0.3 is 0 Å². The molecule has 0 aliphatic heterocycles. The lowest BCUT2D eigenvalue weighted by Crippen LogP contribution is -1.97. The number of ether oxygens (including phenoxy) is 2. The third-order valence-corrected chi connectivity index (χ3v) is 3.39. The highest BCUT2D eigenvalue weighted by Gasteiger charge is 2.07. The zero-order valence-corrected chi connectivity index (χ0v) is 11.3. The van der Waals surface area contributed by atoms with E-state index < -0.39 is 0 Å². The second kappa shape index (κ2) is 6.04. The Bertz CT molecular complexity index is 530. The summed E-state index contributed by atoms with van der Waals surface area (Å²) in [5.74, 6) is 1.22. The first-order valence-corrected chi connectivity index (χ1v) is 6.43. The van der Waals surface area contributed by atoms with E-state index in [1.807, 2.05) is 0 Å². The van der Waals surface area contributed by atoms with Gasteiger partial charge in [0.1, 0.15) is 6.61 Å². The van der Waals surface area contributed by atoms with Gasteiger partial charge in [-0.3, -0.25) is 0 Å². The molecule has 1 aromatic carbocycles. The highest BCUT2D eigenvalue weighted by atomic mass is 35.5. The fourth-order valence-corrected chi connectivity index (χ4v) is 2.32. The summed E-state index contributed by atoms with van der Waals surface area (Å²) in [6, 6.07) is 5.31. The summed E-state index contributed by atoms with van der Waals surface area (Å²) in [7, 11) is 1.56. The fourth-order valence-electron chi connectivity index (χ4n) is 1.43. The van der Waals surface area contributed by atoms with Gasteiger partial charge in [-0.25, -0.2) is 4.98 Å². The molecule has 1 aromatic heterocycles. The number of nitrogens with zero attached hydrogens (tertiary/aromatic N) is 1. The second-order valence-electron chi connectivity index (χ2n) is 3.51. The summed E-state index contributed by atoms with van der Waals surface area (Å²) >= 11 is 7.12. The monoisotopic (exact) mass is 285 g/mol. The van der Waals surface area contributed by atoms with Crippen molar-refractivity contribution in [3.05, 3.63) is 39.3 Å². The molecule has 2 aromatic rings. The Labute approximate surface area is 114 Å². The molecule has 0 bridgehead atoms. The SMILES string of the molecule is COc1cc(CO)ccc1OCc1cnc(Cl)s1. The number of hydrogen-bond donors (Lipinski definition) is 1. The minimum atomic E-state index is -0.0267. The number of aliphatic hydroxyl groups excluding tert-OH is 1. The topological polar surface area (TPSA) is 51.6 Å². The molecule has 0 spiro atoms. The largest absolute Gasteiger partial charge is 0.493 e. The highest BCUT2D eigenvalue weighted by molar-refractivity contribution is 7.15. The van der Waals surface area contributed by atoms with Crippen LogP contribution in [0.2, 0.25) is 4.47 Å². The van der Waals surface area contributed by atoms with E-state index in [1.165, 1.54) is 11.3 Å². The van der Waals surface area contributed by atoms with E-state index in [0.717, 1.165) is 10.4 Å². The normalized spacial score (nSPS) is 10.4. The van der Waals surface area contributed by atoms with Gasteiger partial charge in [0.2, 0.25) is 0 Å². The zero-order chi connectivity index (χ0) is 13.0. The molecule has 96 valence electrons. The molecular weight excluding hydrogens is 274 g/mol. The van der Waals surface area contributed by atoms with Gasteiger partial charge in [-0.05, 0) is 17.7 Å². The Hall–Kier alpha value is -1.30. The number of aromatic nitrogens is 1. The van der Waals surface area contributed by atoms with Crippen LogP contribution in [0.5, 0.6) is 11.5 Å². The van der Waals surface area contributed by atoms with E-state index in [4.69, 9.17) is 26.2 Å². The molecular formula is C12H12ClNO3S. The van der Waals surface area contributed by atoms with Crippen LogP contribution in [0.25, 0.3) is 0 Å². The molecule has 1 N–H and O–H groups in total. The zero-order valence-electron chi connectivity index (χ0n) is 9.72. The smallest absolute Gasteiger partial charge is 0.183 e. The molecule has 0 fully saturated rings. The van der Waals surface area contributed by atoms with Crippen molar-refractivity contribution in [3.63, 3.8) is 0 Å². The number of benzene rings is 1. The van der Waals surface area contributed by atoms with E-state index in [-0.39, 0.29) is 6.61 Å². The van der Waals surface area contributed by atoms with Crippen molar-refractivity contribution < 1.29 is 14.6 Å². The lowest BCUT2D eigenvalue weighted by molar-refractivity contribution is 0.275. The third-order valence-electron chi connectivity index (χ3n) is 2.31. The number of rotatable bonds is 5. The Morgan fingerprint density at radius 1 is 1.39 bits per heavy atom.